The van der Waals surface area contributed by atoms with Crippen LogP contribution in [0.1, 0.15) is 23.5 Å². The van der Waals surface area contributed by atoms with Gasteiger partial charge in [0.2, 0.25) is 0 Å². The summed E-state index contributed by atoms with van der Waals surface area (Å²) >= 11 is 5.63. The molecule has 2 aromatic carbocycles. The van der Waals surface area contributed by atoms with Gasteiger partial charge in [0.1, 0.15) is 0 Å². The zero-order valence-corrected chi connectivity index (χ0v) is 13.8. The van der Waals surface area contributed by atoms with Gasteiger partial charge in [-0.25, -0.2) is 0 Å². The Morgan fingerprint density at radius 2 is 1.87 bits per heavy atom. The van der Waals surface area contributed by atoms with Gasteiger partial charge in [-0.05, 0) is 40.4 Å². The predicted molar refractivity (Wildman–Crippen MR) is 101 cm³/mol. The number of thiocarbonyl (C=S) groups is 1. The van der Waals surface area contributed by atoms with Gasteiger partial charge in [0, 0.05) is 30.1 Å². The van der Waals surface area contributed by atoms with Crippen LogP contribution in [-0.4, -0.2) is 16.4 Å². The Hall–Kier alpha value is -2.10. The number of hydrogen-bond acceptors (Lipinski definition) is 3. The Morgan fingerprint density at radius 3 is 2.65 bits per heavy atom. The number of pyridine rings is 1. The molecule has 2 N–H and O–H groups in total. The van der Waals surface area contributed by atoms with Crippen LogP contribution < -0.4 is 5.73 Å². The fourth-order valence-corrected chi connectivity index (χ4v) is 3.25. The SMILES string of the molecule is NCC(CC(=S)Cc1ccc2cnccc2c1)c1ccccc1. The number of benzene rings is 2. The summed E-state index contributed by atoms with van der Waals surface area (Å²) in [5.41, 5.74) is 8.47. The molecule has 0 bridgehead atoms. The molecule has 1 heterocycles. The second kappa shape index (κ2) is 7.44. The second-order valence-electron chi connectivity index (χ2n) is 5.82. The highest BCUT2D eigenvalue weighted by Gasteiger charge is 2.12. The summed E-state index contributed by atoms with van der Waals surface area (Å²) in [6, 6.07) is 18.9. The number of nitrogens with zero attached hydrogens (tertiary/aromatic N) is 1. The summed E-state index contributed by atoms with van der Waals surface area (Å²) in [6.07, 6.45) is 5.38. The average Bonchev–Trinajstić information content (AvgIpc) is 2.60. The van der Waals surface area contributed by atoms with Gasteiger partial charge in [-0.1, -0.05) is 60.7 Å². The quantitative estimate of drug-likeness (QED) is 0.689. The fraction of sp³-hybridized carbons (Fsp3) is 0.200. The van der Waals surface area contributed by atoms with E-state index in [1.54, 1.807) is 0 Å². The smallest absolute Gasteiger partial charge is 0.0346 e. The molecule has 1 aromatic heterocycles. The monoisotopic (exact) mass is 320 g/mol. The summed E-state index contributed by atoms with van der Waals surface area (Å²) in [6.45, 7) is 0.619. The molecule has 1 atom stereocenters. The van der Waals surface area contributed by atoms with E-state index in [1.807, 2.05) is 24.5 Å². The zero-order valence-electron chi connectivity index (χ0n) is 13.0. The molecule has 116 valence electrons. The van der Waals surface area contributed by atoms with Crippen LogP contribution in [0.25, 0.3) is 10.8 Å². The summed E-state index contributed by atoms with van der Waals surface area (Å²) in [7, 11) is 0. The normalized spacial score (nSPS) is 12.2. The highest BCUT2D eigenvalue weighted by molar-refractivity contribution is 7.80. The Bertz CT molecular complexity index is 799. The van der Waals surface area contributed by atoms with Gasteiger partial charge in [-0.3, -0.25) is 4.98 Å². The molecule has 0 saturated heterocycles. The van der Waals surface area contributed by atoms with Crippen LogP contribution in [0.3, 0.4) is 0 Å². The second-order valence-corrected chi connectivity index (χ2v) is 6.40. The van der Waals surface area contributed by atoms with Crippen molar-refractivity contribution in [3.8, 4) is 0 Å². The molecule has 0 aliphatic carbocycles. The van der Waals surface area contributed by atoms with Crippen molar-refractivity contribution in [1.82, 2.24) is 4.98 Å². The summed E-state index contributed by atoms with van der Waals surface area (Å²) < 4.78 is 0. The predicted octanol–water partition coefficient (Wildman–Crippen LogP) is 4.28. The summed E-state index contributed by atoms with van der Waals surface area (Å²) in [5, 5.41) is 2.37. The molecule has 3 heteroatoms. The lowest BCUT2D eigenvalue weighted by Gasteiger charge is -2.16. The minimum Gasteiger partial charge on any atom is -0.330 e. The maximum atomic E-state index is 5.95. The third-order valence-corrected chi connectivity index (χ3v) is 4.45. The first-order chi connectivity index (χ1) is 11.3. The minimum absolute atomic E-state index is 0.299. The van der Waals surface area contributed by atoms with E-state index in [0.717, 1.165) is 23.1 Å². The Morgan fingerprint density at radius 1 is 1.04 bits per heavy atom. The molecule has 0 aliphatic rings. The standard InChI is InChI=1S/C20H20N2S/c21-13-19(16-4-2-1-3-5-16)12-20(23)11-15-6-7-18-14-22-9-8-17(18)10-15/h1-10,14,19H,11-13,21H2. The van der Waals surface area contributed by atoms with Crippen molar-refractivity contribution in [1.29, 1.82) is 0 Å². The molecule has 3 aromatic rings. The van der Waals surface area contributed by atoms with Crippen LogP contribution in [-0.2, 0) is 6.42 Å². The van der Waals surface area contributed by atoms with Crippen molar-refractivity contribution in [2.45, 2.75) is 18.8 Å². The third-order valence-electron chi connectivity index (χ3n) is 4.14. The Labute approximate surface area is 142 Å². The van der Waals surface area contributed by atoms with Crippen molar-refractivity contribution in [3.05, 3.63) is 78.1 Å². The summed E-state index contributed by atoms with van der Waals surface area (Å²) in [5.74, 6) is 0.299. The maximum absolute atomic E-state index is 5.95. The topological polar surface area (TPSA) is 38.9 Å². The van der Waals surface area contributed by atoms with E-state index >= 15 is 0 Å². The summed E-state index contributed by atoms with van der Waals surface area (Å²) in [4.78, 5) is 5.20. The van der Waals surface area contributed by atoms with E-state index in [2.05, 4.69) is 47.4 Å². The number of fused-ring (bicyclic) bond motifs is 1. The van der Waals surface area contributed by atoms with Crippen LogP contribution in [0.2, 0.25) is 0 Å². The maximum Gasteiger partial charge on any atom is 0.0346 e. The highest BCUT2D eigenvalue weighted by Crippen LogP contribution is 2.21. The minimum atomic E-state index is 0.299. The molecule has 23 heavy (non-hydrogen) atoms. The molecule has 0 aliphatic heterocycles. The van der Waals surface area contributed by atoms with Crippen molar-refractivity contribution >= 4 is 27.9 Å². The molecule has 2 nitrogen and oxygen atoms in total. The molecule has 0 fully saturated rings. The highest BCUT2D eigenvalue weighted by atomic mass is 32.1. The third kappa shape index (κ3) is 4.01. The van der Waals surface area contributed by atoms with Gasteiger partial charge in [-0.2, -0.15) is 0 Å². The fourth-order valence-electron chi connectivity index (χ4n) is 2.88. The van der Waals surface area contributed by atoms with Crippen LogP contribution in [0.15, 0.2) is 67.0 Å². The van der Waals surface area contributed by atoms with Gasteiger partial charge in [0.05, 0.1) is 0 Å². The number of aromatic nitrogens is 1. The van der Waals surface area contributed by atoms with Crippen LogP contribution in [0.4, 0.5) is 0 Å². The van der Waals surface area contributed by atoms with Crippen molar-refractivity contribution in [2.24, 2.45) is 5.73 Å². The first-order valence-corrected chi connectivity index (χ1v) is 8.26. The molecule has 0 spiro atoms. The molecule has 3 rings (SSSR count). The van der Waals surface area contributed by atoms with E-state index < -0.39 is 0 Å². The van der Waals surface area contributed by atoms with Gasteiger partial charge in [0.15, 0.2) is 0 Å². The van der Waals surface area contributed by atoms with Crippen LogP contribution in [0.5, 0.6) is 0 Å². The first-order valence-electron chi connectivity index (χ1n) is 7.85. The van der Waals surface area contributed by atoms with Crippen LogP contribution in [0, 0.1) is 0 Å². The van der Waals surface area contributed by atoms with Crippen LogP contribution >= 0.6 is 12.2 Å². The Kier molecular flexibility index (Phi) is 5.11. The zero-order chi connectivity index (χ0) is 16.1. The lowest BCUT2D eigenvalue weighted by atomic mass is 9.92. The molecule has 1 unspecified atom stereocenters. The van der Waals surface area contributed by atoms with Gasteiger partial charge >= 0.3 is 0 Å². The number of hydrogen-bond donors (Lipinski definition) is 1. The first kappa shape index (κ1) is 15.8. The number of rotatable bonds is 6. The lowest BCUT2D eigenvalue weighted by molar-refractivity contribution is 0.728. The van der Waals surface area contributed by atoms with Gasteiger partial charge in [0.25, 0.3) is 0 Å². The molecule has 0 radical (unpaired) electrons. The van der Waals surface area contributed by atoms with E-state index in [0.29, 0.717) is 12.5 Å². The molecular weight excluding hydrogens is 300 g/mol. The van der Waals surface area contributed by atoms with E-state index in [9.17, 15) is 0 Å². The Balaban J connectivity index is 1.70. The van der Waals surface area contributed by atoms with Gasteiger partial charge < -0.3 is 5.73 Å². The van der Waals surface area contributed by atoms with Crippen molar-refractivity contribution < 1.29 is 0 Å². The van der Waals surface area contributed by atoms with Crippen molar-refractivity contribution in [2.75, 3.05) is 6.54 Å². The van der Waals surface area contributed by atoms with E-state index in [4.69, 9.17) is 18.0 Å². The molecular formula is C20H20N2S. The largest absolute Gasteiger partial charge is 0.330 e. The number of nitrogens with two attached hydrogens (primary N) is 1. The lowest BCUT2D eigenvalue weighted by Crippen LogP contribution is -2.16. The average molecular weight is 320 g/mol. The van der Waals surface area contributed by atoms with Crippen molar-refractivity contribution in [3.63, 3.8) is 0 Å². The van der Waals surface area contributed by atoms with E-state index in [-0.39, 0.29) is 0 Å². The molecule has 0 saturated carbocycles. The molecule has 0 amide bonds. The van der Waals surface area contributed by atoms with Gasteiger partial charge in [-0.15, -0.1) is 0 Å². The van der Waals surface area contributed by atoms with E-state index in [1.165, 1.54) is 16.5 Å².